The lowest BCUT2D eigenvalue weighted by Crippen LogP contribution is -2.12. The molecule has 0 spiro atoms. The largest absolute Gasteiger partial charge is 0.478 e. The Morgan fingerprint density at radius 3 is 2.75 bits per heavy atom. The van der Waals surface area contributed by atoms with Crippen molar-refractivity contribution in [1.82, 2.24) is 9.97 Å². The van der Waals surface area contributed by atoms with Crippen LogP contribution in [0.25, 0.3) is 0 Å². The number of hydrogen-bond donors (Lipinski definition) is 1. The number of aryl methyl sites for hydroxylation is 1. The van der Waals surface area contributed by atoms with E-state index in [0.29, 0.717) is 31.6 Å². The van der Waals surface area contributed by atoms with E-state index in [9.17, 15) is 0 Å². The van der Waals surface area contributed by atoms with Gasteiger partial charge >= 0.3 is 0 Å². The Morgan fingerprint density at radius 2 is 2.06 bits per heavy atom. The number of aromatic nitrogens is 2. The molecule has 0 radical (unpaired) electrons. The fraction of sp³-hybridized carbons (Fsp3) is 0.636. The third-order valence-electron chi connectivity index (χ3n) is 1.86. The molecule has 16 heavy (non-hydrogen) atoms. The van der Waals surface area contributed by atoms with Crippen molar-refractivity contribution in [3.8, 4) is 5.88 Å². The zero-order valence-corrected chi connectivity index (χ0v) is 10.1. The maximum atomic E-state index is 5.33. The van der Waals surface area contributed by atoms with Crippen molar-refractivity contribution in [2.75, 3.05) is 31.7 Å². The van der Waals surface area contributed by atoms with E-state index in [-0.39, 0.29) is 0 Å². The van der Waals surface area contributed by atoms with Gasteiger partial charge in [0.2, 0.25) is 11.8 Å². The van der Waals surface area contributed by atoms with Gasteiger partial charge in [-0.15, -0.1) is 0 Å². The molecule has 0 aliphatic heterocycles. The van der Waals surface area contributed by atoms with Crippen molar-refractivity contribution in [2.45, 2.75) is 20.8 Å². The number of nitrogens with zero attached hydrogens (tertiary/aromatic N) is 2. The fourth-order valence-electron chi connectivity index (χ4n) is 1.22. The minimum atomic E-state index is 0.586. The number of anilines is 1. The minimum absolute atomic E-state index is 0.586. The molecule has 0 bridgehead atoms. The molecule has 5 heteroatoms. The Kier molecular flexibility index (Phi) is 5.56. The Morgan fingerprint density at radius 1 is 1.25 bits per heavy atom. The average molecular weight is 225 g/mol. The summed E-state index contributed by atoms with van der Waals surface area (Å²) >= 11 is 0. The number of nitrogens with one attached hydrogen (secondary N) is 1. The van der Waals surface area contributed by atoms with Crippen LogP contribution in [0, 0.1) is 6.92 Å². The van der Waals surface area contributed by atoms with Crippen molar-refractivity contribution in [1.29, 1.82) is 0 Å². The average Bonchev–Trinajstić information content (AvgIpc) is 2.24. The molecule has 0 atom stereocenters. The van der Waals surface area contributed by atoms with Crippen LogP contribution in [0.4, 0.5) is 5.95 Å². The molecule has 1 N–H and O–H groups in total. The minimum Gasteiger partial charge on any atom is -0.478 e. The first kappa shape index (κ1) is 12.7. The highest BCUT2D eigenvalue weighted by atomic mass is 16.5. The lowest BCUT2D eigenvalue weighted by molar-refractivity contribution is 0.158. The smallest absolute Gasteiger partial charge is 0.226 e. The molecule has 0 saturated carbocycles. The third-order valence-corrected chi connectivity index (χ3v) is 1.86. The number of rotatable bonds is 7. The van der Waals surface area contributed by atoms with E-state index in [4.69, 9.17) is 9.47 Å². The van der Waals surface area contributed by atoms with Gasteiger partial charge in [0.05, 0.1) is 13.2 Å². The van der Waals surface area contributed by atoms with Gasteiger partial charge in [-0.3, -0.25) is 0 Å². The fourth-order valence-corrected chi connectivity index (χ4v) is 1.22. The van der Waals surface area contributed by atoms with E-state index in [1.807, 2.05) is 26.8 Å². The van der Waals surface area contributed by atoms with Crippen molar-refractivity contribution in [3.05, 3.63) is 11.8 Å². The van der Waals surface area contributed by atoms with Crippen molar-refractivity contribution >= 4 is 5.95 Å². The number of ether oxygens (including phenoxy) is 2. The quantitative estimate of drug-likeness (QED) is 0.715. The summed E-state index contributed by atoms with van der Waals surface area (Å²) in [5.41, 5.74) is 0.886. The van der Waals surface area contributed by atoms with Crippen molar-refractivity contribution < 1.29 is 9.47 Å². The van der Waals surface area contributed by atoms with Crippen molar-refractivity contribution in [2.24, 2.45) is 0 Å². The van der Waals surface area contributed by atoms with Gasteiger partial charge in [-0.25, -0.2) is 4.98 Å². The molecule has 0 fully saturated rings. The summed E-state index contributed by atoms with van der Waals surface area (Å²) in [4.78, 5) is 8.48. The molecule has 0 aliphatic carbocycles. The summed E-state index contributed by atoms with van der Waals surface area (Å²) in [5, 5.41) is 3.09. The van der Waals surface area contributed by atoms with Gasteiger partial charge in [0.25, 0.3) is 0 Å². The highest BCUT2D eigenvalue weighted by molar-refractivity contribution is 5.30. The van der Waals surface area contributed by atoms with Gasteiger partial charge in [0.15, 0.2) is 0 Å². The van der Waals surface area contributed by atoms with Crippen LogP contribution in [0.3, 0.4) is 0 Å². The molecule has 0 saturated heterocycles. The van der Waals surface area contributed by atoms with Crippen LogP contribution in [-0.4, -0.2) is 36.3 Å². The maximum absolute atomic E-state index is 5.33. The molecule has 0 unspecified atom stereocenters. The highest BCUT2D eigenvalue weighted by Crippen LogP contribution is 2.11. The second-order valence-electron chi connectivity index (χ2n) is 3.23. The van der Waals surface area contributed by atoms with Gasteiger partial charge in [0, 0.05) is 24.9 Å². The first-order chi connectivity index (χ1) is 7.76. The predicted molar refractivity (Wildman–Crippen MR) is 62.9 cm³/mol. The van der Waals surface area contributed by atoms with Gasteiger partial charge in [-0.05, 0) is 20.8 Å². The molecule has 1 rings (SSSR count). The second-order valence-corrected chi connectivity index (χ2v) is 3.23. The standard InChI is InChI=1S/C11H19N3O2/c1-4-15-7-6-12-11-13-9(3)8-10(14-11)16-5-2/h8H,4-7H2,1-3H3,(H,12,13,14). The zero-order chi connectivity index (χ0) is 11.8. The molecule has 1 aromatic rings. The molecule has 0 amide bonds. The van der Waals surface area contributed by atoms with Crippen LogP contribution >= 0.6 is 0 Å². The van der Waals surface area contributed by atoms with E-state index in [1.165, 1.54) is 0 Å². The Labute approximate surface area is 96.2 Å². The van der Waals surface area contributed by atoms with E-state index in [1.54, 1.807) is 0 Å². The molecule has 90 valence electrons. The summed E-state index contributed by atoms with van der Waals surface area (Å²) in [5.74, 6) is 1.19. The first-order valence-electron chi connectivity index (χ1n) is 5.56. The summed E-state index contributed by atoms with van der Waals surface area (Å²) in [7, 11) is 0. The van der Waals surface area contributed by atoms with Crippen LogP contribution in [0.5, 0.6) is 5.88 Å². The summed E-state index contributed by atoms with van der Waals surface area (Å²) in [6.07, 6.45) is 0. The van der Waals surface area contributed by atoms with Crippen LogP contribution < -0.4 is 10.1 Å². The first-order valence-corrected chi connectivity index (χ1v) is 5.56. The second kappa shape index (κ2) is 7.00. The molecular formula is C11H19N3O2. The predicted octanol–water partition coefficient (Wildman–Crippen LogP) is 1.63. The third kappa shape index (κ3) is 4.44. The van der Waals surface area contributed by atoms with E-state index >= 15 is 0 Å². The van der Waals surface area contributed by atoms with Gasteiger partial charge in [0.1, 0.15) is 0 Å². The van der Waals surface area contributed by atoms with Gasteiger partial charge in [-0.2, -0.15) is 4.98 Å². The molecule has 1 aromatic heterocycles. The SMILES string of the molecule is CCOCCNc1nc(C)cc(OCC)n1. The zero-order valence-electron chi connectivity index (χ0n) is 10.1. The van der Waals surface area contributed by atoms with E-state index in [0.717, 1.165) is 12.3 Å². The molecule has 5 nitrogen and oxygen atoms in total. The van der Waals surface area contributed by atoms with Crippen molar-refractivity contribution in [3.63, 3.8) is 0 Å². The molecular weight excluding hydrogens is 206 g/mol. The summed E-state index contributed by atoms with van der Waals surface area (Å²) < 4.78 is 10.5. The highest BCUT2D eigenvalue weighted by Gasteiger charge is 2.01. The van der Waals surface area contributed by atoms with Gasteiger partial charge in [-0.1, -0.05) is 0 Å². The van der Waals surface area contributed by atoms with Crippen LogP contribution in [0.1, 0.15) is 19.5 Å². The van der Waals surface area contributed by atoms with E-state index < -0.39 is 0 Å². The molecule has 1 heterocycles. The monoisotopic (exact) mass is 225 g/mol. The topological polar surface area (TPSA) is 56.3 Å². The Hall–Kier alpha value is -1.36. The van der Waals surface area contributed by atoms with Crippen LogP contribution in [-0.2, 0) is 4.74 Å². The molecule has 0 aromatic carbocycles. The summed E-state index contributed by atoms with van der Waals surface area (Å²) in [6, 6.07) is 1.82. The van der Waals surface area contributed by atoms with Crippen LogP contribution in [0.15, 0.2) is 6.07 Å². The lowest BCUT2D eigenvalue weighted by atomic mass is 10.4. The van der Waals surface area contributed by atoms with E-state index in [2.05, 4.69) is 15.3 Å². The lowest BCUT2D eigenvalue weighted by Gasteiger charge is -2.08. The maximum Gasteiger partial charge on any atom is 0.226 e. The summed E-state index contributed by atoms with van der Waals surface area (Å²) in [6.45, 7) is 8.49. The normalized spacial score (nSPS) is 10.2. The number of hydrogen-bond acceptors (Lipinski definition) is 5. The van der Waals surface area contributed by atoms with Gasteiger partial charge < -0.3 is 14.8 Å². The Bertz CT molecular complexity index is 318. The van der Waals surface area contributed by atoms with Crippen LogP contribution in [0.2, 0.25) is 0 Å². The Balaban J connectivity index is 2.51. The molecule has 0 aliphatic rings.